The van der Waals surface area contributed by atoms with E-state index in [2.05, 4.69) is 53.9 Å². The SMILES string of the molecule is CCNC(=NCc1ccc(C)cc1SC)NCCn1ccnc1. The highest BCUT2D eigenvalue weighted by molar-refractivity contribution is 7.98. The van der Waals surface area contributed by atoms with Crippen molar-refractivity contribution in [3.8, 4) is 0 Å². The molecule has 6 heteroatoms. The number of aryl methyl sites for hydroxylation is 1. The number of nitrogens with one attached hydrogen (secondary N) is 2. The number of hydrogen-bond acceptors (Lipinski definition) is 3. The van der Waals surface area contributed by atoms with Crippen molar-refractivity contribution in [3.05, 3.63) is 48.0 Å². The molecule has 0 aliphatic carbocycles. The van der Waals surface area contributed by atoms with Crippen LogP contribution in [0.25, 0.3) is 0 Å². The Kier molecular flexibility index (Phi) is 7.00. The second-order valence-corrected chi connectivity index (χ2v) is 6.09. The van der Waals surface area contributed by atoms with E-state index in [-0.39, 0.29) is 0 Å². The quantitative estimate of drug-likeness (QED) is 0.465. The largest absolute Gasteiger partial charge is 0.357 e. The monoisotopic (exact) mass is 331 g/mol. The van der Waals surface area contributed by atoms with Crippen LogP contribution in [0, 0.1) is 6.92 Å². The summed E-state index contributed by atoms with van der Waals surface area (Å²) in [5.41, 5.74) is 2.54. The van der Waals surface area contributed by atoms with Crippen LogP contribution in [0.5, 0.6) is 0 Å². The highest BCUT2D eigenvalue weighted by Gasteiger charge is 2.03. The fourth-order valence-corrected chi connectivity index (χ4v) is 2.91. The molecule has 0 radical (unpaired) electrons. The maximum Gasteiger partial charge on any atom is 0.191 e. The van der Waals surface area contributed by atoms with Gasteiger partial charge in [-0.3, -0.25) is 0 Å². The summed E-state index contributed by atoms with van der Waals surface area (Å²) in [6.07, 6.45) is 7.68. The lowest BCUT2D eigenvalue weighted by atomic mass is 10.1. The van der Waals surface area contributed by atoms with Gasteiger partial charge >= 0.3 is 0 Å². The van der Waals surface area contributed by atoms with Crippen LogP contribution in [-0.2, 0) is 13.1 Å². The Bertz CT molecular complexity index is 622. The Morgan fingerprint density at radius 3 is 2.91 bits per heavy atom. The number of imidazole rings is 1. The summed E-state index contributed by atoms with van der Waals surface area (Å²) in [5, 5.41) is 6.65. The minimum absolute atomic E-state index is 0.677. The Morgan fingerprint density at radius 1 is 1.35 bits per heavy atom. The van der Waals surface area contributed by atoms with Gasteiger partial charge in [0.25, 0.3) is 0 Å². The van der Waals surface area contributed by atoms with Gasteiger partial charge in [-0.25, -0.2) is 9.98 Å². The average molecular weight is 331 g/mol. The minimum Gasteiger partial charge on any atom is -0.357 e. The summed E-state index contributed by atoms with van der Waals surface area (Å²) in [6.45, 7) is 7.40. The van der Waals surface area contributed by atoms with E-state index in [9.17, 15) is 0 Å². The number of aromatic nitrogens is 2. The van der Waals surface area contributed by atoms with Crippen LogP contribution in [0.2, 0.25) is 0 Å². The van der Waals surface area contributed by atoms with Crippen molar-refractivity contribution in [2.45, 2.75) is 31.8 Å². The van der Waals surface area contributed by atoms with Crippen molar-refractivity contribution in [1.82, 2.24) is 20.2 Å². The zero-order valence-corrected chi connectivity index (χ0v) is 14.9. The van der Waals surface area contributed by atoms with Crippen molar-refractivity contribution < 1.29 is 0 Å². The van der Waals surface area contributed by atoms with Crippen LogP contribution in [0.4, 0.5) is 0 Å². The molecule has 5 nitrogen and oxygen atoms in total. The average Bonchev–Trinajstić information content (AvgIpc) is 3.06. The van der Waals surface area contributed by atoms with Gasteiger partial charge in [-0.05, 0) is 37.3 Å². The van der Waals surface area contributed by atoms with E-state index >= 15 is 0 Å². The van der Waals surface area contributed by atoms with Gasteiger partial charge in [0.2, 0.25) is 0 Å². The van der Waals surface area contributed by atoms with Crippen LogP contribution >= 0.6 is 11.8 Å². The molecule has 0 atom stereocenters. The summed E-state index contributed by atoms with van der Waals surface area (Å²) >= 11 is 1.77. The van der Waals surface area contributed by atoms with Crippen LogP contribution < -0.4 is 10.6 Å². The predicted octanol–water partition coefficient (Wildman–Crippen LogP) is 2.67. The molecule has 0 saturated carbocycles. The molecule has 0 fully saturated rings. The fourth-order valence-electron chi connectivity index (χ4n) is 2.21. The van der Waals surface area contributed by atoms with Crippen LogP contribution in [-0.4, -0.2) is 34.9 Å². The minimum atomic E-state index is 0.677. The third-order valence-corrected chi connectivity index (χ3v) is 4.24. The van der Waals surface area contributed by atoms with Gasteiger partial charge in [0.05, 0.1) is 12.9 Å². The number of nitrogens with zero attached hydrogens (tertiary/aromatic N) is 3. The molecule has 0 spiro atoms. The van der Waals surface area contributed by atoms with E-state index in [1.54, 1.807) is 18.0 Å². The number of benzene rings is 1. The molecule has 124 valence electrons. The highest BCUT2D eigenvalue weighted by atomic mass is 32.2. The molecular formula is C17H25N5S. The van der Waals surface area contributed by atoms with Crippen molar-refractivity contribution in [1.29, 1.82) is 0 Å². The molecule has 23 heavy (non-hydrogen) atoms. The lowest BCUT2D eigenvalue weighted by molar-refractivity contribution is 0.662. The van der Waals surface area contributed by atoms with Crippen LogP contribution in [0.15, 0.2) is 46.8 Å². The lowest BCUT2D eigenvalue weighted by Gasteiger charge is -2.12. The normalized spacial score (nSPS) is 11.5. The number of aliphatic imine (C=N–C) groups is 1. The second kappa shape index (κ2) is 9.25. The van der Waals surface area contributed by atoms with Crippen LogP contribution in [0.1, 0.15) is 18.1 Å². The molecule has 0 unspecified atom stereocenters. The van der Waals surface area contributed by atoms with E-state index in [0.29, 0.717) is 6.54 Å². The molecule has 0 aliphatic heterocycles. The number of thioether (sulfide) groups is 1. The molecule has 0 amide bonds. The summed E-state index contributed by atoms with van der Waals surface area (Å²) in [6, 6.07) is 6.53. The molecule has 2 aromatic rings. The van der Waals surface area contributed by atoms with Gasteiger partial charge in [0, 0.05) is 36.9 Å². The first-order chi connectivity index (χ1) is 11.2. The number of rotatable bonds is 7. The van der Waals surface area contributed by atoms with Crippen molar-refractivity contribution in [2.24, 2.45) is 4.99 Å². The molecular weight excluding hydrogens is 306 g/mol. The number of hydrogen-bond donors (Lipinski definition) is 2. The topological polar surface area (TPSA) is 54.2 Å². The van der Waals surface area contributed by atoms with Gasteiger partial charge in [0.1, 0.15) is 0 Å². The molecule has 0 aliphatic rings. The summed E-state index contributed by atoms with van der Waals surface area (Å²) in [5.74, 6) is 0.847. The van der Waals surface area contributed by atoms with Gasteiger partial charge < -0.3 is 15.2 Å². The molecule has 2 rings (SSSR count). The van der Waals surface area contributed by atoms with E-state index < -0.39 is 0 Å². The molecule has 0 bridgehead atoms. The van der Waals surface area contributed by atoms with E-state index in [0.717, 1.165) is 25.6 Å². The highest BCUT2D eigenvalue weighted by Crippen LogP contribution is 2.22. The zero-order valence-electron chi connectivity index (χ0n) is 14.0. The summed E-state index contributed by atoms with van der Waals surface area (Å²) < 4.78 is 2.04. The fraction of sp³-hybridized carbons (Fsp3) is 0.412. The molecule has 1 heterocycles. The maximum atomic E-state index is 4.70. The molecule has 1 aromatic carbocycles. The zero-order chi connectivity index (χ0) is 16.5. The van der Waals surface area contributed by atoms with Crippen molar-refractivity contribution >= 4 is 17.7 Å². The summed E-state index contributed by atoms with van der Waals surface area (Å²) in [7, 11) is 0. The Morgan fingerprint density at radius 2 is 2.22 bits per heavy atom. The molecule has 0 saturated heterocycles. The summed E-state index contributed by atoms with van der Waals surface area (Å²) in [4.78, 5) is 10.0. The van der Waals surface area contributed by atoms with Gasteiger partial charge in [-0.2, -0.15) is 0 Å². The second-order valence-electron chi connectivity index (χ2n) is 5.24. The van der Waals surface area contributed by atoms with Gasteiger partial charge in [0.15, 0.2) is 5.96 Å². The van der Waals surface area contributed by atoms with E-state index in [1.165, 1.54) is 16.0 Å². The van der Waals surface area contributed by atoms with Gasteiger partial charge in [-0.1, -0.05) is 12.1 Å². The van der Waals surface area contributed by atoms with Crippen molar-refractivity contribution in [2.75, 3.05) is 19.3 Å². The predicted molar refractivity (Wildman–Crippen MR) is 98.0 cm³/mol. The third-order valence-electron chi connectivity index (χ3n) is 3.42. The maximum absolute atomic E-state index is 4.70. The van der Waals surface area contributed by atoms with E-state index in [4.69, 9.17) is 4.99 Å². The standard InChI is InChI=1S/C17H25N5S/c1-4-19-17(20-8-10-22-9-7-18-13-22)21-12-15-6-5-14(2)11-16(15)23-3/h5-7,9,11,13H,4,8,10,12H2,1-3H3,(H2,19,20,21). The Labute approximate surface area is 142 Å². The Balaban J connectivity index is 1.95. The van der Waals surface area contributed by atoms with E-state index in [1.807, 2.05) is 17.1 Å². The first-order valence-corrected chi connectivity index (χ1v) is 9.07. The third kappa shape index (κ3) is 5.63. The van der Waals surface area contributed by atoms with Gasteiger partial charge in [-0.15, -0.1) is 11.8 Å². The molecule has 1 aromatic heterocycles. The first-order valence-electron chi connectivity index (χ1n) is 7.84. The Hall–Kier alpha value is -1.95. The van der Waals surface area contributed by atoms with Crippen LogP contribution in [0.3, 0.4) is 0 Å². The number of guanidine groups is 1. The molecule has 2 N–H and O–H groups in total. The first kappa shape index (κ1) is 17.4. The lowest BCUT2D eigenvalue weighted by Crippen LogP contribution is -2.38. The smallest absolute Gasteiger partial charge is 0.191 e. The van der Waals surface area contributed by atoms with Crippen molar-refractivity contribution in [3.63, 3.8) is 0 Å².